The number of benzene rings is 2. The summed E-state index contributed by atoms with van der Waals surface area (Å²) < 4.78 is 33.4. The zero-order valence-corrected chi connectivity index (χ0v) is 36.2. The van der Waals surface area contributed by atoms with Gasteiger partial charge in [0.05, 0.1) is 37.4 Å². The van der Waals surface area contributed by atoms with Gasteiger partial charge in [-0.1, -0.05) is 71.0 Å². The molecule has 2 saturated carbocycles. The van der Waals surface area contributed by atoms with Gasteiger partial charge in [-0.3, -0.25) is 14.4 Å². The van der Waals surface area contributed by atoms with Crippen molar-refractivity contribution in [3.8, 4) is 12.3 Å². The third kappa shape index (κ3) is 15.2. The summed E-state index contributed by atoms with van der Waals surface area (Å²) in [5.74, 6) is 3.35. The van der Waals surface area contributed by atoms with Crippen LogP contribution in [0, 0.1) is 12.3 Å². The zero-order valence-electron chi connectivity index (χ0n) is 36.2. The first-order valence-electron chi connectivity index (χ1n) is 21.3. The Kier molecular flexibility index (Phi) is 16.9. The zero-order chi connectivity index (χ0) is 43.1. The highest BCUT2D eigenvalue weighted by Gasteiger charge is 2.37. The minimum atomic E-state index is -0.544. The summed E-state index contributed by atoms with van der Waals surface area (Å²) in [6, 6.07) is 20.1. The fraction of sp³-hybridized carbons (Fsp3) is 0.531. The Morgan fingerprint density at radius 2 is 1.15 bits per heavy atom. The van der Waals surface area contributed by atoms with E-state index < -0.39 is 11.2 Å². The molecule has 2 atom stereocenters. The molecule has 0 N–H and O–H groups in total. The maximum atomic E-state index is 12.5. The molecule has 0 radical (unpaired) electrons. The topological polar surface area (TPSA) is 140 Å². The molecule has 11 nitrogen and oxygen atoms in total. The van der Waals surface area contributed by atoms with Crippen molar-refractivity contribution in [2.24, 2.45) is 0 Å². The van der Waals surface area contributed by atoms with Crippen molar-refractivity contribution in [2.75, 3.05) is 13.2 Å². The predicted octanol–water partition coefficient (Wildman–Crippen LogP) is 10.5. The average molecular weight is 823 g/mol. The highest BCUT2D eigenvalue weighted by atomic mass is 16.6. The minimum Gasteiger partial charge on any atom is -0.460 e. The first-order valence-corrected chi connectivity index (χ1v) is 21.3. The van der Waals surface area contributed by atoms with Crippen LogP contribution in [0.25, 0.3) is 0 Å². The van der Waals surface area contributed by atoms with Crippen LogP contribution >= 0.6 is 0 Å². The van der Waals surface area contributed by atoms with E-state index in [-0.39, 0.29) is 36.6 Å². The van der Waals surface area contributed by atoms with Gasteiger partial charge in [-0.2, -0.15) is 0 Å². The van der Waals surface area contributed by atoms with Gasteiger partial charge in [-0.15, -0.1) is 6.42 Å². The molecule has 2 aromatic carbocycles. The standard InChI is InChI=1S/C25H31NO4.C24H31NO5/c1-5-21-23(19-13-14-19)24(26-30-21)20(16-22(27)29-25(2,3)4)12-9-15-28-17-18-10-7-6-8-11-18;1-24(2,3)29-21(27)14-19(10-7-13-28-16-17-8-5-4-6-9-17)23-22(18-11-12-18)20(15-26)30-25-23/h1,6-8,10-11,19-20H,9,12-17H2,2-4H3;4-6,8-9,15,18-19H,7,10-14,16H2,1-3H3/t20-;19-/m00/s1. The normalized spacial score (nSPS) is 14.9. The van der Waals surface area contributed by atoms with E-state index in [0.717, 1.165) is 84.9 Å². The van der Waals surface area contributed by atoms with Crippen LogP contribution in [0.3, 0.4) is 0 Å². The molecule has 2 heterocycles. The van der Waals surface area contributed by atoms with Crippen LogP contribution in [0.2, 0.25) is 0 Å². The van der Waals surface area contributed by atoms with Gasteiger partial charge in [0.1, 0.15) is 11.2 Å². The van der Waals surface area contributed by atoms with Gasteiger partial charge in [-0.05, 0) is 122 Å². The van der Waals surface area contributed by atoms with Gasteiger partial charge in [-0.25, -0.2) is 0 Å². The van der Waals surface area contributed by atoms with E-state index in [1.54, 1.807) is 0 Å². The molecule has 322 valence electrons. The lowest BCUT2D eigenvalue weighted by Gasteiger charge is -2.22. The Labute approximate surface area is 355 Å². The number of hydrogen-bond acceptors (Lipinski definition) is 11. The Hall–Kier alpha value is -5.05. The summed E-state index contributed by atoms with van der Waals surface area (Å²) in [5, 5.41) is 8.47. The van der Waals surface area contributed by atoms with Crippen LogP contribution in [0.4, 0.5) is 0 Å². The van der Waals surface area contributed by atoms with Crippen molar-refractivity contribution in [2.45, 2.75) is 154 Å². The first-order chi connectivity index (χ1) is 28.7. The van der Waals surface area contributed by atoms with E-state index in [1.807, 2.05) is 102 Å². The minimum absolute atomic E-state index is 0.0957. The summed E-state index contributed by atoms with van der Waals surface area (Å²) in [4.78, 5) is 36.4. The van der Waals surface area contributed by atoms with Crippen LogP contribution in [0.1, 0.15) is 179 Å². The second-order valence-corrected chi connectivity index (χ2v) is 17.8. The van der Waals surface area contributed by atoms with E-state index >= 15 is 0 Å². The molecule has 4 aromatic rings. The number of hydrogen-bond donors (Lipinski definition) is 0. The van der Waals surface area contributed by atoms with Crippen molar-refractivity contribution in [3.63, 3.8) is 0 Å². The lowest BCUT2D eigenvalue weighted by Crippen LogP contribution is -2.25. The molecule has 2 fully saturated rings. The second-order valence-electron chi connectivity index (χ2n) is 17.8. The smallest absolute Gasteiger partial charge is 0.306 e. The number of aromatic nitrogens is 2. The van der Waals surface area contributed by atoms with E-state index in [1.165, 1.54) is 0 Å². The van der Waals surface area contributed by atoms with Gasteiger partial charge in [0.25, 0.3) is 0 Å². The van der Waals surface area contributed by atoms with Gasteiger partial charge >= 0.3 is 11.9 Å². The molecule has 0 unspecified atom stereocenters. The molecule has 2 aromatic heterocycles. The number of carbonyl (C=O) groups is 3. The Bertz CT molecular complexity index is 1990. The van der Waals surface area contributed by atoms with Crippen molar-refractivity contribution < 1.29 is 42.4 Å². The van der Waals surface area contributed by atoms with E-state index in [0.29, 0.717) is 56.2 Å². The maximum absolute atomic E-state index is 12.5. The van der Waals surface area contributed by atoms with Gasteiger partial charge in [0, 0.05) is 36.2 Å². The molecular weight excluding hydrogens is 761 g/mol. The molecule has 60 heavy (non-hydrogen) atoms. The van der Waals surface area contributed by atoms with Gasteiger partial charge in [0.15, 0.2) is 6.29 Å². The number of aldehydes is 1. The van der Waals surface area contributed by atoms with Gasteiger partial charge in [0.2, 0.25) is 11.5 Å². The number of esters is 2. The molecule has 0 spiro atoms. The molecular formula is C49H62N2O9. The molecule has 2 aliphatic carbocycles. The lowest BCUT2D eigenvalue weighted by atomic mass is 9.91. The van der Waals surface area contributed by atoms with Crippen molar-refractivity contribution in [1.29, 1.82) is 0 Å². The molecule has 0 bridgehead atoms. The molecule has 0 aliphatic heterocycles. The Balaban J connectivity index is 0.000000228. The highest BCUT2D eigenvalue weighted by Crippen LogP contribution is 2.47. The van der Waals surface area contributed by atoms with Crippen LogP contribution in [-0.4, -0.2) is 53.0 Å². The summed E-state index contributed by atoms with van der Waals surface area (Å²) in [6.45, 7) is 13.5. The van der Waals surface area contributed by atoms with Crippen LogP contribution < -0.4 is 0 Å². The third-order valence-electron chi connectivity index (χ3n) is 10.1. The monoisotopic (exact) mass is 822 g/mol. The van der Waals surface area contributed by atoms with E-state index in [2.05, 4.69) is 16.2 Å². The molecule has 11 heteroatoms. The Morgan fingerprint density at radius 3 is 1.57 bits per heavy atom. The molecule has 0 amide bonds. The quantitative estimate of drug-likeness (QED) is 0.0343. The molecule has 0 saturated heterocycles. The maximum Gasteiger partial charge on any atom is 0.306 e. The fourth-order valence-corrected chi connectivity index (χ4v) is 7.19. The fourth-order valence-electron chi connectivity index (χ4n) is 7.19. The number of nitrogens with zero attached hydrogens (tertiary/aromatic N) is 2. The number of ether oxygens (including phenoxy) is 4. The van der Waals surface area contributed by atoms with Crippen molar-refractivity contribution in [3.05, 3.63) is 106 Å². The molecule has 2 aliphatic rings. The largest absolute Gasteiger partial charge is 0.460 e. The summed E-state index contributed by atoms with van der Waals surface area (Å²) in [7, 11) is 0. The SMILES string of the molecule is C#Cc1onc([C@@H](CCCOCc2ccccc2)CC(=O)OC(C)(C)C)c1C1CC1.CC(C)(C)OC(=O)C[C@H](CCCOCc1ccccc1)c1noc(C=O)c1C1CC1. The summed E-state index contributed by atoms with van der Waals surface area (Å²) in [6.07, 6.45) is 14.1. The third-order valence-corrected chi connectivity index (χ3v) is 10.1. The average Bonchev–Trinajstić information content (AvgIpc) is 4.14. The number of terminal acetylenes is 1. The van der Waals surface area contributed by atoms with E-state index in [4.69, 9.17) is 34.4 Å². The number of rotatable bonds is 21. The van der Waals surface area contributed by atoms with Crippen LogP contribution in [0.5, 0.6) is 0 Å². The first kappa shape index (κ1) is 46.0. The summed E-state index contributed by atoms with van der Waals surface area (Å²) >= 11 is 0. The van der Waals surface area contributed by atoms with E-state index in [9.17, 15) is 14.4 Å². The lowest BCUT2D eigenvalue weighted by molar-refractivity contribution is -0.156. The Morgan fingerprint density at radius 1 is 0.717 bits per heavy atom. The number of carbonyl (C=O) groups excluding carboxylic acids is 3. The van der Waals surface area contributed by atoms with Crippen LogP contribution in [-0.2, 0) is 41.8 Å². The summed E-state index contributed by atoms with van der Waals surface area (Å²) in [5.41, 5.74) is 4.65. The van der Waals surface area contributed by atoms with Crippen molar-refractivity contribution in [1.82, 2.24) is 10.3 Å². The second kappa shape index (κ2) is 22.0. The van der Waals surface area contributed by atoms with Crippen molar-refractivity contribution >= 4 is 18.2 Å². The predicted molar refractivity (Wildman–Crippen MR) is 227 cm³/mol. The van der Waals surface area contributed by atoms with Crippen LogP contribution in [0.15, 0.2) is 69.7 Å². The van der Waals surface area contributed by atoms with Gasteiger partial charge < -0.3 is 28.0 Å². The highest BCUT2D eigenvalue weighted by molar-refractivity contribution is 5.75. The molecule has 6 rings (SSSR count).